The molecule has 4 heteroatoms. The van der Waals surface area contributed by atoms with Crippen molar-refractivity contribution in [1.82, 2.24) is 9.97 Å². The van der Waals surface area contributed by atoms with E-state index in [1.165, 1.54) is 12.8 Å². The SMILES string of the molecule is CCc1nc(Br)cc(NC2CCC2C)n1. The van der Waals surface area contributed by atoms with Gasteiger partial charge in [0.1, 0.15) is 16.2 Å². The Morgan fingerprint density at radius 3 is 2.80 bits per heavy atom. The minimum Gasteiger partial charge on any atom is -0.367 e. The van der Waals surface area contributed by atoms with Crippen molar-refractivity contribution in [2.75, 3.05) is 5.32 Å². The molecule has 15 heavy (non-hydrogen) atoms. The van der Waals surface area contributed by atoms with Crippen LogP contribution in [0.1, 0.15) is 32.5 Å². The van der Waals surface area contributed by atoms with Crippen LogP contribution < -0.4 is 5.32 Å². The van der Waals surface area contributed by atoms with Gasteiger partial charge < -0.3 is 5.32 Å². The summed E-state index contributed by atoms with van der Waals surface area (Å²) in [5.41, 5.74) is 0. The average molecular weight is 270 g/mol. The number of rotatable bonds is 3. The molecule has 82 valence electrons. The molecule has 3 nitrogen and oxygen atoms in total. The van der Waals surface area contributed by atoms with E-state index < -0.39 is 0 Å². The van der Waals surface area contributed by atoms with Gasteiger partial charge in [0, 0.05) is 18.5 Å². The molecule has 2 unspecified atom stereocenters. The predicted molar refractivity (Wildman–Crippen MR) is 64.9 cm³/mol. The topological polar surface area (TPSA) is 37.8 Å². The molecule has 0 aromatic carbocycles. The van der Waals surface area contributed by atoms with Crippen LogP contribution in [0.5, 0.6) is 0 Å². The zero-order valence-electron chi connectivity index (χ0n) is 9.13. The largest absolute Gasteiger partial charge is 0.367 e. The Kier molecular flexibility index (Phi) is 3.24. The van der Waals surface area contributed by atoms with Gasteiger partial charge in [-0.15, -0.1) is 0 Å². The van der Waals surface area contributed by atoms with E-state index in [9.17, 15) is 0 Å². The molecule has 0 saturated heterocycles. The van der Waals surface area contributed by atoms with E-state index in [4.69, 9.17) is 0 Å². The molecular weight excluding hydrogens is 254 g/mol. The maximum absolute atomic E-state index is 4.46. The minimum atomic E-state index is 0.594. The van der Waals surface area contributed by atoms with Gasteiger partial charge >= 0.3 is 0 Å². The first kappa shape index (κ1) is 10.9. The standard InChI is InChI=1S/C11H16BrN3/c1-3-10-14-9(12)6-11(15-10)13-8-5-4-7(8)2/h6-8H,3-5H2,1-2H3,(H,13,14,15). The van der Waals surface area contributed by atoms with Crippen molar-refractivity contribution < 1.29 is 0 Å². The maximum atomic E-state index is 4.46. The van der Waals surface area contributed by atoms with Crippen LogP contribution in [0.4, 0.5) is 5.82 Å². The third-order valence-electron chi connectivity index (χ3n) is 3.01. The average Bonchev–Trinajstić information content (AvgIpc) is 2.23. The van der Waals surface area contributed by atoms with Crippen LogP contribution >= 0.6 is 15.9 Å². The lowest BCUT2D eigenvalue weighted by Gasteiger charge is -2.34. The Bertz CT molecular complexity index is 354. The van der Waals surface area contributed by atoms with Crippen LogP contribution in [0.2, 0.25) is 0 Å². The Balaban J connectivity index is 2.10. The summed E-state index contributed by atoms with van der Waals surface area (Å²) in [5.74, 6) is 2.60. The summed E-state index contributed by atoms with van der Waals surface area (Å²) >= 11 is 3.41. The van der Waals surface area contributed by atoms with E-state index in [2.05, 4.69) is 45.1 Å². The van der Waals surface area contributed by atoms with Crippen LogP contribution in [0, 0.1) is 5.92 Å². The normalized spacial score (nSPS) is 24.7. The number of hydrogen-bond donors (Lipinski definition) is 1. The van der Waals surface area contributed by atoms with Crippen LogP contribution in [-0.4, -0.2) is 16.0 Å². The van der Waals surface area contributed by atoms with Crippen LogP contribution in [0.3, 0.4) is 0 Å². The Morgan fingerprint density at radius 2 is 2.27 bits per heavy atom. The van der Waals surface area contributed by atoms with Gasteiger partial charge in [-0.1, -0.05) is 13.8 Å². The molecule has 1 aliphatic rings. The lowest BCUT2D eigenvalue weighted by Crippen LogP contribution is -2.36. The van der Waals surface area contributed by atoms with Crippen molar-refractivity contribution in [3.05, 3.63) is 16.5 Å². The highest BCUT2D eigenvalue weighted by Gasteiger charge is 2.26. The molecule has 0 aliphatic heterocycles. The quantitative estimate of drug-likeness (QED) is 0.858. The summed E-state index contributed by atoms with van der Waals surface area (Å²) in [5, 5.41) is 3.46. The van der Waals surface area contributed by atoms with Gasteiger partial charge in [0.2, 0.25) is 0 Å². The molecule has 0 amide bonds. The molecule has 0 radical (unpaired) electrons. The Morgan fingerprint density at radius 1 is 1.47 bits per heavy atom. The molecule has 1 aromatic heterocycles. The first-order valence-electron chi connectivity index (χ1n) is 5.49. The molecule has 1 N–H and O–H groups in total. The Hall–Kier alpha value is -0.640. The van der Waals surface area contributed by atoms with Gasteiger partial charge in [-0.25, -0.2) is 9.97 Å². The number of aromatic nitrogens is 2. The van der Waals surface area contributed by atoms with Crippen LogP contribution in [0.25, 0.3) is 0 Å². The summed E-state index contributed by atoms with van der Waals surface area (Å²) in [4.78, 5) is 8.74. The van der Waals surface area contributed by atoms with E-state index >= 15 is 0 Å². The predicted octanol–water partition coefficient (Wildman–Crippen LogP) is 3.01. The van der Waals surface area contributed by atoms with Crippen LogP contribution in [-0.2, 0) is 6.42 Å². The number of anilines is 1. The van der Waals surface area contributed by atoms with Gasteiger partial charge in [-0.2, -0.15) is 0 Å². The van der Waals surface area contributed by atoms with Gasteiger partial charge in [-0.3, -0.25) is 0 Å². The van der Waals surface area contributed by atoms with Crippen molar-refractivity contribution in [2.45, 2.75) is 39.2 Å². The fourth-order valence-corrected chi connectivity index (χ4v) is 2.19. The lowest BCUT2D eigenvalue weighted by atomic mass is 9.81. The highest BCUT2D eigenvalue weighted by atomic mass is 79.9. The highest BCUT2D eigenvalue weighted by molar-refractivity contribution is 9.10. The number of nitrogens with one attached hydrogen (secondary N) is 1. The van der Waals surface area contributed by atoms with Crippen molar-refractivity contribution in [2.24, 2.45) is 5.92 Å². The van der Waals surface area contributed by atoms with E-state index in [1.54, 1.807) is 0 Å². The third-order valence-corrected chi connectivity index (χ3v) is 3.42. The molecule has 2 atom stereocenters. The molecule has 0 spiro atoms. The molecule has 1 saturated carbocycles. The van der Waals surface area contributed by atoms with Crippen molar-refractivity contribution >= 4 is 21.7 Å². The maximum Gasteiger partial charge on any atom is 0.131 e. The van der Waals surface area contributed by atoms with Crippen molar-refractivity contribution in [3.63, 3.8) is 0 Å². The summed E-state index contributed by atoms with van der Waals surface area (Å²) in [6, 6.07) is 2.54. The second kappa shape index (κ2) is 4.47. The van der Waals surface area contributed by atoms with Gasteiger partial charge in [0.05, 0.1) is 0 Å². The molecule has 1 aromatic rings. The number of halogens is 1. The monoisotopic (exact) mass is 269 g/mol. The molecule has 0 bridgehead atoms. The first-order chi connectivity index (χ1) is 7.19. The van der Waals surface area contributed by atoms with Gasteiger partial charge in [0.15, 0.2) is 0 Å². The molecule has 2 rings (SSSR count). The summed E-state index contributed by atoms with van der Waals surface area (Å²) in [7, 11) is 0. The van der Waals surface area contributed by atoms with Crippen molar-refractivity contribution in [1.29, 1.82) is 0 Å². The summed E-state index contributed by atoms with van der Waals surface area (Å²) < 4.78 is 0.865. The van der Waals surface area contributed by atoms with Crippen molar-refractivity contribution in [3.8, 4) is 0 Å². The second-order valence-corrected chi connectivity index (χ2v) is 4.96. The number of nitrogens with zero attached hydrogens (tertiary/aromatic N) is 2. The third kappa shape index (κ3) is 2.48. The smallest absolute Gasteiger partial charge is 0.131 e. The fraction of sp³-hybridized carbons (Fsp3) is 0.636. The van der Waals surface area contributed by atoms with Gasteiger partial charge in [0.25, 0.3) is 0 Å². The molecular formula is C11H16BrN3. The molecule has 1 heterocycles. The number of aryl methyl sites for hydroxylation is 1. The van der Waals surface area contributed by atoms with E-state index in [0.717, 1.165) is 28.6 Å². The lowest BCUT2D eigenvalue weighted by molar-refractivity contribution is 0.303. The molecule has 1 fully saturated rings. The minimum absolute atomic E-state index is 0.594. The zero-order chi connectivity index (χ0) is 10.8. The van der Waals surface area contributed by atoms with E-state index in [0.29, 0.717) is 6.04 Å². The fourth-order valence-electron chi connectivity index (χ4n) is 1.77. The van der Waals surface area contributed by atoms with E-state index in [1.807, 2.05) is 6.07 Å². The van der Waals surface area contributed by atoms with Gasteiger partial charge in [-0.05, 0) is 34.7 Å². The summed E-state index contributed by atoms with van der Waals surface area (Å²) in [6.45, 7) is 4.34. The zero-order valence-corrected chi connectivity index (χ0v) is 10.7. The molecule has 1 aliphatic carbocycles. The first-order valence-corrected chi connectivity index (χ1v) is 6.28. The van der Waals surface area contributed by atoms with E-state index in [-0.39, 0.29) is 0 Å². The highest BCUT2D eigenvalue weighted by Crippen LogP contribution is 2.29. The number of hydrogen-bond acceptors (Lipinski definition) is 3. The summed E-state index contributed by atoms with van der Waals surface area (Å²) in [6.07, 6.45) is 3.45. The second-order valence-electron chi connectivity index (χ2n) is 4.15. The Labute approximate surface area is 98.8 Å². The van der Waals surface area contributed by atoms with Crippen LogP contribution in [0.15, 0.2) is 10.7 Å².